The topological polar surface area (TPSA) is 70.8 Å². The van der Waals surface area contributed by atoms with Crippen molar-refractivity contribution in [3.63, 3.8) is 0 Å². The molecule has 2 aromatic rings. The number of β-amino-alcohol motifs (C(OH)–C–C–N with tert-alkyl or cyclic N) is 1. The van der Waals surface area contributed by atoms with E-state index in [1.165, 1.54) is 25.0 Å². The minimum Gasteiger partial charge on any atom is -0.497 e. The van der Waals surface area contributed by atoms with Gasteiger partial charge in [0.1, 0.15) is 5.75 Å². The number of amides is 1. The van der Waals surface area contributed by atoms with Crippen molar-refractivity contribution in [1.82, 2.24) is 19.6 Å². The van der Waals surface area contributed by atoms with Gasteiger partial charge in [0.05, 0.1) is 19.8 Å². The third-order valence-electron chi connectivity index (χ3n) is 7.92. The van der Waals surface area contributed by atoms with Crippen molar-refractivity contribution in [2.75, 3.05) is 26.7 Å². The second-order valence-corrected chi connectivity index (χ2v) is 9.98. The van der Waals surface area contributed by atoms with Crippen molar-refractivity contribution in [2.24, 2.45) is 5.92 Å². The molecule has 2 unspecified atom stereocenters. The Balaban J connectivity index is 1.45. The molecule has 1 saturated carbocycles. The molecule has 0 radical (unpaired) electrons. The summed E-state index contributed by atoms with van der Waals surface area (Å²) in [6, 6.07) is 8.58. The van der Waals surface area contributed by atoms with Crippen LogP contribution in [0.4, 0.5) is 0 Å². The molecule has 1 N–H and O–H groups in total. The van der Waals surface area contributed by atoms with Gasteiger partial charge in [-0.1, -0.05) is 18.6 Å². The standard InChI is InChI=1S/C26H36N4O3/c1-18(20-7-4-8-20)28-13-11-24-23(17-28)25(26(32)29-12-5-9-21(31)16-29)27-30(24)15-19-6-3-10-22(14-19)33-2/h3,6,10,14,18,20-21,31H,4-5,7-9,11-13,15-17H2,1-2H3. The second kappa shape index (κ2) is 9.47. The number of nitrogens with zero attached hydrogens (tertiary/aromatic N) is 4. The van der Waals surface area contributed by atoms with E-state index in [-0.39, 0.29) is 5.91 Å². The van der Waals surface area contributed by atoms with Crippen molar-refractivity contribution in [2.45, 2.75) is 70.7 Å². The molecule has 33 heavy (non-hydrogen) atoms. The number of aliphatic hydroxyl groups excluding tert-OH is 1. The van der Waals surface area contributed by atoms with Gasteiger partial charge in [0.25, 0.3) is 5.91 Å². The number of piperidine rings is 1. The van der Waals surface area contributed by atoms with Crippen LogP contribution in [0.25, 0.3) is 0 Å². The van der Waals surface area contributed by atoms with Crippen LogP contribution < -0.4 is 4.74 Å². The van der Waals surface area contributed by atoms with Gasteiger partial charge in [-0.25, -0.2) is 0 Å². The minimum atomic E-state index is -0.437. The van der Waals surface area contributed by atoms with E-state index in [9.17, 15) is 9.90 Å². The first-order valence-corrected chi connectivity index (χ1v) is 12.5. The van der Waals surface area contributed by atoms with E-state index in [1.807, 2.05) is 22.9 Å². The number of aromatic nitrogens is 2. The smallest absolute Gasteiger partial charge is 0.274 e. The summed E-state index contributed by atoms with van der Waals surface area (Å²) < 4.78 is 7.43. The highest BCUT2D eigenvalue weighted by molar-refractivity contribution is 5.94. The Morgan fingerprint density at radius 1 is 1.24 bits per heavy atom. The molecule has 1 aromatic carbocycles. The summed E-state index contributed by atoms with van der Waals surface area (Å²) in [6.07, 6.45) is 6.04. The second-order valence-electron chi connectivity index (χ2n) is 9.98. The quantitative estimate of drug-likeness (QED) is 0.729. The lowest BCUT2D eigenvalue weighted by Crippen LogP contribution is -2.45. The largest absolute Gasteiger partial charge is 0.497 e. The fraction of sp³-hybridized carbons (Fsp3) is 0.615. The van der Waals surface area contributed by atoms with Crippen LogP contribution in [0.2, 0.25) is 0 Å². The highest BCUT2D eigenvalue weighted by atomic mass is 16.5. The number of carbonyl (C=O) groups is 1. The number of aliphatic hydroxyl groups is 1. The molecule has 1 saturated heterocycles. The summed E-state index contributed by atoms with van der Waals surface area (Å²) in [4.78, 5) is 17.9. The zero-order valence-electron chi connectivity index (χ0n) is 19.9. The number of ether oxygens (including phenoxy) is 1. The first-order chi connectivity index (χ1) is 16.0. The molecule has 5 rings (SSSR count). The molecule has 2 atom stereocenters. The number of benzene rings is 1. The van der Waals surface area contributed by atoms with Gasteiger partial charge < -0.3 is 14.7 Å². The Bertz CT molecular complexity index is 999. The first-order valence-electron chi connectivity index (χ1n) is 12.5. The Labute approximate surface area is 196 Å². The summed E-state index contributed by atoms with van der Waals surface area (Å²) in [6.45, 7) is 5.84. The van der Waals surface area contributed by atoms with Crippen LogP contribution >= 0.6 is 0 Å². The molecule has 1 aliphatic carbocycles. The number of fused-ring (bicyclic) bond motifs is 1. The van der Waals surface area contributed by atoms with Crippen LogP contribution in [-0.4, -0.2) is 69.5 Å². The Kier molecular flexibility index (Phi) is 6.43. The van der Waals surface area contributed by atoms with Gasteiger partial charge in [-0.3, -0.25) is 14.4 Å². The Morgan fingerprint density at radius 2 is 2.09 bits per heavy atom. The van der Waals surface area contributed by atoms with Gasteiger partial charge in [-0.05, 0) is 56.2 Å². The monoisotopic (exact) mass is 452 g/mol. The van der Waals surface area contributed by atoms with Gasteiger partial charge in [-0.15, -0.1) is 0 Å². The molecule has 0 bridgehead atoms. The Hall–Kier alpha value is -2.38. The zero-order valence-corrected chi connectivity index (χ0v) is 19.9. The van der Waals surface area contributed by atoms with Crippen molar-refractivity contribution < 1.29 is 14.6 Å². The predicted molar refractivity (Wildman–Crippen MR) is 126 cm³/mol. The van der Waals surface area contributed by atoms with Crippen LogP contribution in [-0.2, 0) is 19.5 Å². The summed E-state index contributed by atoms with van der Waals surface area (Å²) in [5.74, 6) is 1.56. The molecular formula is C26H36N4O3. The number of rotatable bonds is 6. The van der Waals surface area contributed by atoms with E-state index >= 15 is 0 Å². The first kappa shape index (κ1) is 22.4. The average molecular weight is 453 g/mol. The number of likely N-dealkylation sites (tertiary alicyclic amines) is 1. The number of carbonyl (C=O) groups excluding carboxylic acids is 1. The van der Waals surface area contributed by atoms with E-state index in [2.05, 4.69) is 17.9 Å². The molecule has 2 fully saturated rings. The number of methoxy groups -OCH3 is 1. The summed E-state index contributed by atoms with van der Waals surface area (Å²) >= 11 is 0. The third kappa shape index (κ3) is 4.53. The lowest BCUT2D eigenvalue weighted by molar-refractivity contribution is 0.0464. The maximum absolute atomic E-state index is 13.6. The SMILES string of the molecule is COc1cccc(Cn2nc(C(=O)N3CCCC(O)C3)c3c2CCN(C(C)C2CCC2)C3)c1. The summed E-state index contributed by atoms with van der Waals surface area (Å²) in [7, 11) is 1.68. The van der Waals surface area contributed by atoms with Crippen LogP contribution in [0.1, 0.15) is 66.3 Å². The van der Waals surface area contributed by atoms with Gasteiger partial charge in [0.2, 0.25) is 0 Å². The summed E-state index contributed by atoms with van der Waals surface area (Å²) in [5.41, 5.74) is 3.95. The molecule has 1 aromatic heterocycles. The minimum absolute atomic E-state index is 0.0347. The molecular weight excluding hydrogens is 416 g/mol. The number of hydrogen-bond donors (Lipinski definition) is 1. The van der Waals surface area contributed by atoms with Crippen LogP contribution in [0, 0.1) is 5.92 Å². The van der Waals surface area contributed by atoms with E-state index in [0.29, 0.717) is 31.4 Å². The van der Waals surface area contributed by atoms with Gasteiger partial charge in [0.15, 0.2) is 5.69 Å². The van der Waals surface area contributed by atoms with Crippen LogP contribution in [0.5, 0.6) is 5.75 Å². The molecule has 7 heteroatoms. The van der Waals surface area contributed by atoms with Crippen molar-refractivity contribution >= 4 is 5.91 Å². The number of hydrogen-bond acceptors (Lipinski definition) is 5. The van der Waals surface area contributed by atoms with Gasteiger partial charge >= 0.3 is 0 Å². The van der Waals surface area contributed by atoms with Crippen LogP contribution in [0.3, 0.4) is 0 Å². The molecule has 2 aliphatic heterocycles. The van der Waals surface area contributed by atoms with Crippen molar-refractivity contribution in [3.8, 4) is 5.75 Å². The lowest BCUT2D eigenvalue weighted by Gasteiger charge is -2.41. The molecule has 3 aliphatic rings. The van der Waals surface area contributed by atoms with E-state index in [4.69, 9.17) is 9.84 Å². The van der Waals surface area contributed by atoms with Crippen molar-refractivity contribution in [1.29, 1.82) is 0 Å². The van der Waals surface area contributed by atoms with Gasteiger partial charge in [-0.2, -0.15) is 5.10 Å². The molecule has 0 spiro atoms. The zero-order chi connectivity index (χ0) is 22.9. The highest BCUT2D eigenvalue weighted by Crippen LogP contribution is 2.35. The molecule has 7 nitrogen and oxygen atoms in total. The van der Waals surface area contributed by atoms with E-state index < -0.39 is 6.10 Å². The maximum Gasteiger partial charge on any atom is 0.274 e. The predicted octanol–water partition coefficient (Wildman–Crippen LogP) is 3.08. The van der Waals surface area contributed by atoms with Crippen LogP contribution in [0.15, 0.2) is 24.3 Å². The van der Waals surface area contributed by atoms with E-state index in [0.717, 1.165) is 55.1 Å². The molecule has 178 valence electrons. The lowest BCUT2D eigenvalue weighted by atomic mass is 9.79. The van der Waals surface area contributed by atoms with Gasteiger partial charge in [0, 0.05) is 49.9 Å². The third-order valence-corrected chi connectivity index (χ3v) is 7.92. The highest BCUT2D eigenvalue weighted by Gasteiger charge is 2.35. The molecule has 3 heterocycles. The Morgan fingerprint density at radius 3 is 2.82 bits per heavy atom. The normalized spacial score (nSPS) is 22.5. The fourth-order valence-electron chi connectivity index (χ4n) is 5.61. The average Bonchev–Trinajstić information content (AvgIpc) is 3.15. The van der Waals surface area contributed by atoms with Crippen molar-refractivity contribution in [3.05, 3.63) is 46.8 Å². The van der Waals surface area contributed by atoms with E-state index in [1.54, 1.807) is 12.0 Å². The maximum atomic E-state index is 13.6. The fourth-order valence-corrected chi connectivity index (χ4v) is 5.61. The summed E-state index contributed by atoms with van der Waals surface area (Å²) in [5, 5.41) is 15.0. The molecule has 1 amide bonds.